The summed E-state index contributed by atoms with van der Waals surface area (Å²) in [5.41, 5.74) is 7.84. The Labute approximate surface area is 136 Å². The third kappa shape index (κ3) is 3.37. The fraction of sp³-hybridized carbons (Fsp3) is 0.0625. The fourth-order valence-electron chi connectivity index (χ4n) is 1.97. The number of halogens is 1. The summed E-state index contributed by atoms with van der Waals surface area (Å²) in [6.07, 6.45) is 3.79. The molecular weight excluding hydrogens is 346 g/mol. The highest BCUT2D eigenvalue weighted by Gasteiger charge is 2.07. The van der Waals surface area contributed by atoms with E-state index in [0.29, 0.717) is 6.54 Å². The minimum absolute atomic E-state index is 0.558. The van der Waals surface area contributed by atoms with E-state index in [2.05, 4.69) is 49.2 Å². The number of benzene rings is 2. The largest absolute Gasteiger partial charge is 0.326 e. The van der Waals surface area contributed by atoms with Crippen molar-refractivity contribution in [3.63, 3.8) is 0 Å². The minimum Gasteiger partial charge on any atom is -0.326 e. The molecule has 3 aromatic rings. The summed E-state index contributed by atoms with van der Waals surface area (Å²) in [7, 11) is 0. The molecule has 0 aliphatic carbocycles. The highest BCUT2D eigenvalue weighted by molar-refractivity contribution is 9.10. The Morgan fingerprint density at radius 1 is 1.05 bits per heavy atom. The van der Waals surface area contributed by atoms with Gasteiger partial charge in [-0.15, -0.1) is 0 Å². The molecule has 2 aromatic carbocycles. The van der Waals surface area contributed by atoms with Crippen LogP contribution in [-0.2, 0) is 6.54 Å². The molecule has 5 heteroatoms. The molecule has 0 aliphatic rings. The third-order valence-corrected chi connectivity index (χ3v) is 4.58. The van der Waals surface area contributed by atoms with Gasteiger partial charge in [0.1, 0.15) is 5.82 Å². The van der Waals surface area contributed by atoms with Gasteiger partial charge in [0.25, 0.3) is 0 Å². The first-order chi connectivity index (χ1) is 10.3. The first-order valence-electron chi connectivity index (χ1n) is 6.53. The molecule has 3 rings (SSSR count). The van der Waals surface area contributed by atoms with Gasteiger partial charge >= 0.3 is 0 Å². The Hall–Kier alpha value is -1.56. The zero-order valence-corrected chi connectivity index (χ0v) is 13.6. The normalized spacial score (nSPS) is 10.8. The zero-order chi connectivity index (χ0) is 14.7. The molecule has 0 amide bonds. The van der Waals surface area contributed by atoms with Crippen LogP contribution in [0.4, 0.5) is 0 Å². The maximum Gasteiger partial charge on any atom is 0.150 e. The molecule has 0 saturated heterocycles. The van der Waals surface area contributed by atoms with Crippen molar-refractivity contribution in [1.82, 2.24) is 8.96 Å². The van der Waals surface area contributed by atoms with Gasteiger partial charge in [-0.2, -0.15) is 0 Å². The van der Waals surface area contributed by atoms with Crippen molar-refractivity contribution in [2.45, 2.75) is 11.4 Å². The Morgan fingerprint density at radius 2 is 1.76 bits per heavy atom. The smallest absolute Gasteiger partial charge is 0.150 e. The van der Waals surface area contributed by atoms with Gasteiger partial charge < -0.3 is 5.73 Å². The molecule has 0 bridgehead atoms. The number of nitrogens with two attached hydrogens (primary N) is 1. The summed E-state index contributed by atoms with van der Waals surface area (Å²) < 4.78 is 3.15. The van der Waals surface area contributed by atoms with E-state index in [1.165, 1.54) is 0 Å². The van der Waals surface area contributed by atoms with E-state index in [1.54, 1.807) is 11.9 Å². The van der Waals surface area contributed by atoms with E-state index in [9.17, 15) is 0 Å². The number of rotatable bonds is 4. The van der Waals surface area contributed by atoms with Crippen molar-refractivity contribution in [2.75, 3.05) is 0 Å². The number of aromatic nitrogens is 2. The van der Waals surface area contributed by atoms with Gasteiger partial charge in [0.05, 0.1) is 0 Å². The molecule has 0 unspecified atom stereocenters. The predicted octanol–water partition coefficient (Wildman–Crippen LogP) is 4.33. The van der Waals surface area contributed by atoms with Gasteiger partial charge in [-0.05, 0) is 41.8 Å². The second-order valence-electron chi connectivity index (χ2n) is 4.52. The summed E-state index contributed by atoms with van der Waals surface area (Å²) in [5, 5.41) is 0. The van der Waals surface area contributed by atoms with Crippen molar-refractivity contribution in [1.29, 1.82) is 0 Å². The van der Waals surface area contributed by atoms with Crippen molar-refractivity contribution < 1.29 is 0 Å². The maximum absolute atomic E-state index is 5.63. The SMILES string of the molecule is NCc1ccc(-c2nccn2Sc2ccc(Br)cc2)cc1. The summed E-state index contributed by atoms with van der Waals surface area (Å²) in [6, 6.07) is 16.4. The van der Waals surface area contributed by atoms with Crippen LogP contribution in [0.15, 0.2) is 70.3 Å². The molecule has 106 valence electrons. The van der Waals surface area contributed by atoms with E-state index in [-0.39, 0.29) is 0 Å². The summed E-state index contributed by atoms with van der Waals surface area (Å²) >= 11 is 5.09. The highest BCUT2D eigenvalue weighted by atomic mass is 79.9. The lowest BCUT2D eigenvalue weighted by molar-refractivity contribution is 1.07. The van der Waals surface area contributed by atoms with E-state index in [4.69, 9.17) is 5.73 Å². The number of hydrogen-bond acceptors (Lipinski definition) is 3. The van der Waals surface area contributed by atoms with Crippen LogP contribution in [-0.4, -0.2) is 8.96 Å². The predicted molar refractivity (Wildman–Crippen MR) is 91.0 cm³/mol. The molecule has 0 aliphatic heterocycles. The van der Waals surface area contributed by atoms with Crippen molar-refractivity contribution in [3.8, 4) is 11.4 Å². The van der Waals surface area contributed by atoms with Crippen molar-refractivity contribution in [3.05, 3.63) is 71.0 Å². The van der Waals surface area contributed by atoms with Crippen LogP contribution in [0.3, 0.4) is 0 Å². The lowest BCUT2D eigenvalue weighted by Crippen LogP contribution is -1.96. The van der Waals surface area contributed by atoms with E-state index < -0.39 is 0 Å². The van der Waals surface area contributed by atoms with E-state index >= 15 is 0 Å². The van der Waals surface area contributed by atoms with Gasteiger partial charge in [0, 0.05) is 33.9 Å². The Morgan fingerprint density at radius 3 is 2.43 bits per heavy atom. The maximum atomic E-state index is 5.63. The molecule has 0 fully saturated rings. The molecule has 1 heterocycles. The van der Waals surface area contributed by atoms with Gasteiger partial charge in [-0.1, -0.05) is 40.2 Å². The lowest BCUT2D eigenvalue weighted by Gasteiger charge is -2.07. The first-order valence-corrected chi connectivity index (χ1v) is 8.09. The van der Waals surface area contributed by atoms with Gasteiger partial charge in [-0.25, -0.2) is 4.98 Å². The number of imidazole rings is 1. The van der Waals surface area contributed by atoms with Crippen LogP contribution < -0.4 is 5.73 Å². The van der Waals surface area contributed by atoms with E-state index in [0.717, 1.165) is 26.3 Å². The highest BCUT2D eigenvalue weighted by Crippen LogP contribution is 2.28. The summed E-state index contributed by atoms with van der Waals surface area (Å²) in [4.78, 5) is 5.62. The summed E-state index contributed by atoms with van der Waals surface area (Å²) in [6.45, 7) is 0.558. The van der Waals surface area contributed by atoms with Gasteiger partial charge in [0.2, 0.25) is 0 Å². The Balaban J connectivity index is 1.87. The molecule has 3 nitrogen and oxygen atoms in total. The minimum atomic E-state index is 0.558. The third-order valence-electron chi connectivity index (χ3n) is 3.07. The topological polar surface area (TPSA) is 43.8 Å². The quantitative estimate of drug-likeness (QED) is 0.753. The molecule has 2 N–H and O–H groups in total. The first kappa shape index (κ1) is 14.4. The molecule has 0 radical (unpaired) electrons. The van der Waals surface area contributed by atoms with Crippen LogP contribution in [0.1, 0.15) is 5.56 Å². The Bertz CT molecular complexity index is 720. The lowest BCUT2D eigenvalue weighted by atomic mass is 10.1. The van der Waals surface area contributed by atoms with Crippen LogP contribution in [0.25, 0.3) is 11.4 Å². The molecule has 1 aromatic heterocycles. The number of nitrogens with zero attached hydrogens (tertiary/aromatic N) is 2. The zero-order valence-electron chi connectivity index (χ0n) is 11.2. The number of hydrogen-bond donors (Lipinski definition) is 1. The average molecular weight is 360 g/mol. The van der Waals surface area contributed by atoms with Crippen molar-refractivity contribution >= 4 is 27.9 Å². The molecule has 0 atom stereocenters. The van der Waals surface area contributed by atoms with Crippen molar-refractivity contribution in [2.24, 2.45) is 5.73 Å². The summed E-state index contributed by atoms with van der Waals surface area (Å²) in [5.74, 6) is 0.937. The Kier molecular flexibility index (Phi) is 4.43. The van der Waals surface area contributed by atoms with Gasteiger partial charge in [-0.3, -0.25) is 3.97 Å². The standard InChI is InChI=1S/C16H14BrN3S/c17-14-5-7-15(8-6-14)21-20-10-9-19-16(20)13-3-1-12(11-18)2-4-13/h1-10H,11,18H2. The monoisotopic (exact) mass is 359 g/mol. The molecule has 21 heavy (non-hydrogen) atoms. The van der Waals surface area contributed by atoms with E-state index in [1.807, 2.05) is 36.7 Å². The molecular formula is C16H14BrN3S. The second kappa shape index (κ2) is 6.47. The van der Waals surface area contributed by atoms with Crippen LogP contribution >= 0.6 is 27.9 Å². The van der Waals surface area contributed by atoms with Crippen LogP contribution in [0.2, 0.25) is 0 Å². The fourth-order valence-corrected chi connectivity index (χ4v) is 3.07. The average Bonchev–Trinajstić information content (AvgIpc) is 2.98. The van der Waals surface area contributed by atoms with Crippen LogP contribution in [0.5, 0.6) is 0 Å². The molecule has 0 saturated carbocycles. The molecule has 0 spiro atoms. The van der Waals surface area contributed by atoms with Crippen LogP contribution in [0, 0.1) is 0 Å². The van der Waals surface area contributed by atoms with Gasteiger partial charge in [0.15, 0.2) is 0 Å². The second-order valence-corrected chi connectivity index (χ2v) is 6.49.